The number of rotatable bonds is 4. The highest BCUT2D eigenvalue weighted by Crippen LogP contribution is 2.36. The maximum atomic E-state index is 13.5. The van der Waals surface area contributed by atoms with Crippen molar-refractivity contribution in [1.29, 1.82) is 0 Å². The number of fused-ring (bicyclic) bond motifs is 1. The zero-order valence-electron chi connectivity index (χ0n) is 10.8. The molecule has 1 aromatic heterocycles. The average Bonchev–Trinajstić information content (AvgIpc) is 2.64. The topological polar surface area (TPSA) is 25.2 Å². The zero-order chi connectivity index (χ0) is 13.3. The highest BCUT2D eigenvalue weighted by Gasteiger charge is 2.19. The van der Waals surface area contributed by atoms with Crippen LogP contribution in [0, 0.1) is 5.82 Å². The third kappa shape index (κ3) is 2.45. The molecule has 4 heteroatoms. The van der Waals surface area contributed by atoms with Crippen molar-refractivity contribution in [3.8, 4) is 0 Å². The van der Waals surface area contributed by atoms with E-state index in [0.717, 1.165) is 28.8 Å². The van der Waals surface area contributed by atoms with Crippen LogP contribution < -0.4 is 5.32 Å². The molecule has 0 saturated carbocycles. The van der Waals surface area contributed by atoms with Crippen LogP contribution in [0.5, 0.6) is 0 Å². The minimum Gasteiger partial charge on any atom is -0.458 e. The van der Waals surface area contributed by atoms with Crippen molar-refractivity contribution in [2.45, 2.75) is 33.2 Å². The lowest BCUT2D eigenvalue weighted by molar-refractivity contribution is 0.508. The number of halogens is 2. The van der Waals surface area contributed by atoms with E-state index < -0.39 is 0 Å². The van der Waals surface area contributed by atoms with Crippen LogP contribution in [0.4, 0.5) is 4.39 Å². The van der Waals surface area contributed by atoms with Crippen LogP contribution in [0.3, 0.4) is 0 Å². The minimum absolute atomic E-state index is 0.243. The summed E-state index contributed by atoms with van der Waals surface area (Å²) in [5.41, 5.74) is 1.82. The second-order valence-corrected chi connectivity index (χ2v) is 5.49. The van der Waals surface area contributed by atoms with Crippen molar-refractivity contribution in [1.82, 2.24) is 5.32 Å². The summed E-state index contributed by atoms with van der Waals surface area (Å²) in [5, 5.41) is 4.12. The van der Waals surface area contributed by atoms with Gasteiger partial charge in [0.1, 0.15) is 17.2 Å². The highest BCUT2D eigenvalue weighted by molar-refractivity contribution is 9.10. The lowest BCUT2D eigenvalue weighted by Gasteiger charge is -2.06. The molecule has 0 aliphatic carbocycles. The predicted octanol–water partition coefficient (Wildman–Crippen LogP) is 4.57. The minimum atomic E-state index is -0.243. The standard InChI is InChI=1S/C14H17BrFNO/c1-4-17-7-12-13(8(2)3)10-5-9(16)6-11(15)14(10)18-12/h5-6,8,17H,4,7H2,1-3H3. The molecule has 0 atom stereocenters. The molecule has 2 nitrogen and oxygen atoms in total. The summed E-state index contributed by atoms with van der Waals surface area (Å²) in [5.74, 6) is 0.953. The van der Waals surface area contributed by atoms with Gasteiger partial charge in [-0.15, -0.1) is 0 Å². The van der Waals surface area contributed by atoms with Crippen LogP contribution in [0.15, 0.2) is 21.0 Å². The first kappa shape index (κ1) is 13.6. The van der Waals surface area contributed by atoms with E-state index in [4.69, 9.17) is 4.42 Å². The van der Waals surface area contributed by atoms with E-state index in [9.17, 15) is 4.39 Å². The van der Waals surface area contributed by atoms with Gasteiger partial charge in [0.05, 0.1) is 11.0 Å². The Morgan fingerprint density at radius 3 is 2.72 bits per heavy atom. The largest absolute Gasteiger partial charge is 0.458 e. The highest BCUT2D eigenvalue weighted by atomic mass is 79.9. The Morgan fingerprint density at radius 2 is 2.11 bits per heavy atom. The van der Waals surface area contributed by atoms with Gasteiger partial charge in [-0.1, -0.05) is 20.8 Å². The molecule has 98 valence electrons. The average molecular weight is 314 g/mol. The van der Waals surface area contributed by atoms with E-state index >= 15 is 0 Å². The summed E-state index contributed by atoms with van der Waals surface area (Å²) in [6.45, 7) is 7.79. The quantitative estimate of drug-likeness (QED) is 0.894. The fraction of sp³-hybridized carbons (Fsp3) is 0.429. The van der Waals surface area contributed by atoms with E-state index in [1.165, 1.54) is 6.07 Å². The van der Waals surface area contributed by atoms with Gasteiger partial charge in [-0.3, -0.25) is 0 Å². The fourth-order valence-electron chi connectivity index (χ4n) is 2.20. The summed E-state index contributed by atoms with van der Waals surface area (Å²) in [7, 11) is 0. The van der Waals surface area contributed by atoms with Gasteiger partial charge in [-0.25, -0.2) is 4.39 Å². The molecule has 18 heavy (non-hydrogen) atoms. The van der Waals surface area contributed by atoms with Crippen molar-refractivity contribution >= 4 is 26.9 Å². The van der Waals surface area contributed by atoms with Gasteiger partial charge < -0.3 is 9.73 Å². The second kappa shape index (κ2) is 5.41. The molecule has 1 aromatic carbocycles. The molecule has 1 N–H and O–H groups in total. The molecule has 0 fully saturated rings. The first-order chi connectivity index (χ1) is 8.54. The summed E-state index contributed by atoms with van der Waals surface area (Å²) in [6.07, 6.45) is 0. The molecule has 0 unspecified atom stereocenters. The van der Waals surface area contributed by atoms with Crippen LogP contribution in [0.2, 0.25) is 0 Å². The lowest BCUT2D eigenvalue weighted by atomic mass is 9.99. The Balaban J connectivity index is 2.63. The summed E-state index contributed by atoms with van der Waals surface area (Å²) in [4.78, 5) is 0. The Morgan fingerprint density at radius 1 is 1.39 bits per heavy atom. The summed E-state index contributed by atoms with van der Waals surface area (Å²) in [6, 6.07) is 2.99. The molecule has 1 heterocycles. The number of hydrogen-bond donors (Lipinski definition) is 1. The lowest BCUT2D eigenvalue weighted by Crippen LogP contribution is -2.12. The zero-order valence-corrected chi connectivity index (χ0v) is 12.4. The first-order valence-corrected chi connectivity index (χ1v) is 6.95. The Labute approximate surface area is 115 Å². The van der Waals surface area contributed by atoms with E-state index in [1.54, 1.807) is 6.07 Å². The van der Waals surface area contributed by atoms with Gasteiger partial charge in [0, 0.05) is 10.9 Å². The van der Waals surface area contributed by atoms with E-state index in [0.29, 0.717) is 16.9 Å². The molecule has 2 rings (SSSR count). The molecule has 0 aliphatic heterocycles. The number of hydrogen-bond acceptors (Lipinski definition) is 2. The van der Waals surface area contributed by atoms with Crippen molar-refractivity contribution < 1.29 is 8.81 Å². The van der Waals surface area contributed by atoms with Gasteiger partial charge in [0.2, 0.25) is 0 Å². The van der Waals surface area contributed by atoms with Crippen molar-refractivity contribution in [3.63, 3.8) is 0 Å². The monoisotopic (exact) mass is 313 g/mol. The van der Waals surface area contributed by atoms with E-state index in [1.807, 2.05) is 6.92 Å². The predicted molar refractivity (Wildman–Crippen MR) is 75.3 cm³/mol. The molecular formula is C14H17BrFNO. The Bertz CT molecular complexity index is 562. The van der Waals surface area contributed by atoms with Gasteiger partial charge >= 0.3 is 0 Å². The van der Waals surface area contributed by atoms with Gasteiger partial charge in [0.25, 0.3) is 0 Å². The Kier molecular flexibility index (Phi) is 4.07. The second-order valence-electron chi connectivity index (χ2n) is 4.64. The fourth-order valence-corrected chi connectivity index (χ4v) is 2.71. The van der Waals surface area contributed by atoms with Crippen molar-refractivity contribution in [2.24, 2.45) is 0 Å². The summed E-state index contributed by atoms with van der Waals surface area (Å²) >= 11 is 3.36. The van der Waals surface area contributed by atoms with Crippen LogP contribution >= 0.6 is 15.9 Å². The van der Waals surface area contributed by atoms with Crippen molar-refractivity contribution in [3.05, 3.63) is 33.7 Å². The van der Waals surface area contributed by atoms with Gasteiger partial charge in [-0.05, 0) is 40.5 Å². The SMILES string of the molecule is CCNCc1oc2c(Br)cc(F)cc2c1C(C)C. The third-order valence-corrected chi connectivity index (χ3v) is 3.53. The molecule has 0 amide bonds. The van der Waals surface area contributed by atoms with Crippen LogP contribution in [0.25, 0.3) is 11.0 Å². The third-order valence-electron chi connectivity index (χ3n) is 2.94. The molecule has 2 aromatic rings. The van der Waals surface area contributed by atoms with Gasteiger partial charge in [0.15, 0.2) is 0 Å². The molecular weight excluding hydrogens is 297 g/mol. The van der Waals surface area contributed by atoms with Gasteiger partial charge in [-0.2, -0.15) is 0 Å². The molecule has 0 bridgehead atoms. The molecule has 0 saturated heterocycles. The number of benzene rings is 1. The Hall–Kier alpha value is -0.870. The molecule has 0 aliphatic rings. The van der Waals surface area contributed by atoms with Crippen LogP contribution in [-0.4, -0.2) is 6.54 Å². The first-order valence-electron chi connectivity index (χ1n) is 6.15. The summed E-state index contributed by atoms with van der Waals surface area (Å²) < 4.78 is 20.1. The molecule has 0 radical (unpaired) electrons. The normalized spacial score (nSPS) is 11.7. The van der Waals surface area contributed by atoms with E-state index in [-0.39, 0.29) is 5.82 Å². The van der Waals surface area contributed by atoms with Crippen LogP contribution in [0.1, 0.15) is 38.0 Å². The maximum absolute atomic E-state index is 13.5. The van der Waals surface area contributed by atoms with E-state index in [2.05, 4.69) is 35.1 Å². The molecule has 0 spiro atoms. The maximum Gasteiger partial charge on any atom is 0.149 e. The number of furan rings is 1. The number of nitrogens with one attached hydrogen (secondary N) is 1. The van der Waals surface area contributed by atoms with Crippen LogP contribution in [-0.2, 0) is 6.54 Å². The van der Waals surface area contributed by atoms with Crippen molar-refractivity contribution in [2.75, 3.05) is 6.54 Å². The smallest absolute Gasteiger partial charge is 0.149 e.